The van der Waals surface area contributed by atoms with Crippen molar-refractivity contribution in [2.75, 3.05) is 19.1 Å². The van der Waals surface area contributed by atoms with Crippen LogP contribution in [0.2, 0.25) is 0 Å². The number of halogens is 3. The zero-order chi connectivity index (χ0) is 17.7. The van der Waals surface area contributed by atoms with Gasteiger partial charge >= 0.3 is 6.18 Å². The van der Waals surface area contributed by atoms with Crippen LogP contribution in [0.15, 0.2) is 30.6 Å². The Bertz CT molecular complexity index is 974. The van der Waals surface area contributed by atoms with Gasteiger partial charge in [0.15, 0.2) is 0 Å². The number of fused-ring (bicyclic) bond motifs is 1. The molecule has 9 heteroatoms. The maximum Gasteiger partial charge on any atom is 0.419 e. The predicted octanol–water partition coefficient (Wildman–Crippen LogP) is 3.47. The van der Waals surface area contributed by atoms with E-state index in [2.05, 4.69) is 15.0 Å². The van der Waals surface area contributed by atoms with Gasteiger partial charge in [0.2, 0.25) is 5.95 Å². The Hall–Kier alpha value is -2.34. The maximum absolute atomic E-state index is 13.3. The number of alkyl halides is 3. The smallest absolute Gasteiger partial charge is 0.368 e. The molecule has 0 saturated carbocycles. The van der Waals surface area contributed by atoms with E-state index in [1.165, 1.54) is 6.20 Å². The van der Waals surface area contributed by atoms with Crippen LogP contribution < -0.4 is 11.0 Å². The Morgan fingerprint density at radius 1 is 1.25 bits per heavy atom. The van der Waals surface area contributed by atoms with Crippen LogP contribution in [0.1, 0.15) is 5.56 Å². The molecule has 3 N–H and O–H groups in total. The second-order valence-corrected chi connectivity index (χ2v) is 8.92. The summed E-state index contributed by atoms with van der Waals surface area (Å²) in [5.41, 5.74) is 4.97. The predicted molar refractivity (Wildman–Crippen MR) is 87.8 cm³/mol. The highest BCUT2D eigenvalue weighted by Gasteiger charge is 2.36. The number of nitrogens with zero attached hydrogens (tertiary/aromatic N) is 2. The van der Waals surface area contributed by atoms with Crippen molar-refractivity contribution >= 4 is 29.3 Å². The topological polar surface area (TPSA) is 84.7 Å². The third-order valence-corrected chi connectivity index (χ3v) is 5.17. The molecule has 0 radical (unpaired) electrons. The Labute approximate surface area is 135 Å². The maximum atomic E-state index is 13.3. The number of para-hydroxylation sites is 1. The van der Waals surface area contributed by atoms with Gasteiger partial charge < -0.3 is 15.3 Å². The molecule has 0 aliphatic heterocycles. The molecule has 5 nitrogen and oxygen atoms in total. The fraction of sp³-hybridized carbons (Fsp3) is 0.200. The summed E-state index contributed by atoms with van der Waals surface area (Å²) in [5, 5.41) is 1.07. The Kier molecular flexibility index (Phi) is 3.68. The van der Waals surface area contributed by atoms with Gasteiger partial charge in [0.05, 0.1) is 11.2 Å². The van der Waals surface area contributed by atoms with Crippen LogP contribution in [-0.4, -0.2) is 28.3 Å². The molecule has 0 atom stereocenters. The molecule has 3 aromatic rings. The van der Waals surface area contributed by atoms with Gasteiger partial charge in [-0.1, -0.05) is 12.1 Å². The van der Waals surface area contributed by atoms with Crippen LogP contribution in [0.25, 0.3) is 22.2 Å². The van der Waals surface area contributed by atoms with E-state index in [0.29, 0.717) is 22.4 Å². The zero-order valence-electron chi connectivity index (χ0n) is 12.8. The van der Waals surface area contributed by atoms with E-state index in [1.807, 2.05) is 0 Å². The normalized spacial score (nSPS) is 12.7. The number of hydrogen-bond acceptors (Lipinski definition) is 4. The molecule has 2 aromatic heterocycles. The zero-order valence-corrected chi connectivity index (χ0v) is 13.7. The molecule has 24 heavy (non-hydrogen) atoms. The minimum Gasteiger partial charge on any atom is -0.368 e. The van der Waals surface area contributed by atoms with Crippen LogP contribution in [0.4, 0.5) is 19.1 Å². The Morgan fingerprint density at radius 3 is 2.58 bits per heavy atom. The van der Waals surface area contributed by atoms with E-state index in [9.17, 15) is 17.7 Å². The second-order valence-electron chi connectivity index (χ2n) is 5.74. The summed E-state index contributed by atoms with van der Waals surface area (Å²) in [5.74, 6) is -0.250. The van der Waals surface area contributed by atoms with Gasteiger partial charge in [-0.2, -0.15) is 13.2 Å². The van der Waals surface area contributed by atoms with Gasteiger partial charge in [-0.15, -0.1) is 0 Å². The first kappa shape index (κ1) is 16.5. The van der Waals surface area contributed by atoms with Crippen LogP contribution in [-0.2, 0) is 10.7 Å². The molecule has 0 fully saturated rings. The molecule has 0 aliphatic rings. The summed E-state index contributed by atoms with van der Waals surface area (Å²) in [6, 6.07) is 5.01. The summed E-state index contributed by atoms with van der Waals surface area (Å²) in [4.78, 5) is 10.1. The monoisotopic (exact) mass is 354 g/mol. The van der Waals surface area contributed by atoms with Gasteiger partial charge in [-0.25, -0.2) is 9.97 Å². The molecule has 2 heterocycles. The highest BCUT2D eigenvalue weighted by atomic mass is 31.2. The Balaban J connectivity index is 2.33. The lowest BCUT2D eigenvalue weighted by molar-refractivity contribution is -0.137. The first-order valence-electron chi connectivity index (χ1n) is 6.95. The average Bonchev–Trinajstić information content (AvgIpc) is 2.88. The van der Waals surface area contributed by atoms with Crippen LogP contribution in [0.3, 0.4) is 0 Å². The lowest BCUT2D eigenvalue weighted by Crippen LogP contribution is -2.11. The average molecular weight is 354 g/mol. The lowest BCUT2D eigenvalue weighted by Gasteiger charge is -2.12. The number of nitrogens with one attached hydrogen (secondary N) is 1. The van der Waals surface area contributed by atoms with Crippen molar-refractivity contribution in [1.82, 2.24) is 15.0 Å². The van der Waals surface area contributed by atoms with Crippen LogP contribution >= 0.6 is 7.14 Å². The van der Waals surface area contributed by atoms with Gasteiger partial charge in [-0.3, -0.25) is 0 Å². The number of hydrogen-bond donors (Lipinski definition) is 2. The van der Waals surface area contributed by atoms with Gasteiger partial charge in [0, 0.05) is 28.6 Å². The van der Waals surface area contributed by atoms with Crippen molar-refractivity contribution in [2.45, 2.75) is 6.18 Å². The number of aromatic nitrogens is 3. The van der Waals surface area contributed by atoms with Gasteiger partial charge in [0.25, 0.3) is 0 Å². The standard InChI is InChI=1S/C15H14F3N4OP/c1-24(2,23)11-5-3-4-8-9(6-20-13(8)11)12-10(15(16,17)18)7-21-14(19)22-12/h3-7,20H,1-2H3,(H2,19,21,22). The lowest BCUT2D eigenvalue weighted by atomic mass is 10.1. The first-order valence-corrected chi connectivity index (χ1v) is 9.55. The summed E-state index contributed by atoms with van der Waals surface area (Å²) in [7, 11) is -2.61. The van der Waals surface area contributed by atoms with E-state index < -0.39 is 18.9 Å². The molecule has 0 aliphatic carbocycles. The van der Waals surface area contributed by atoms with Crippen LogP contribution in [0.5, 0.6) is 0 Å². The van der Waals surface area contributed by atoms with E-state index in [4.69, 9.17) is 5.73 Å². The molecule has 0 unspecified atom stereocenters. The number of anilines is 1. The molecule has 1 aromatic carbocycles. The minimum absolute atomic E-state index is 0.238. The molecule has 0 bridgehead atoms. The fourth-order valence-corrected chi connectivity index (χ4v) is 3.76. The number of benzene rings is 1. The molecule has 126 valence electrons. The number of nitrogens with two attached hydrogens (primary N) is 1. The molecular formula is C15H14F3N4OP. The summed E-state index contributed by atoms with van der Waals surface area (Å²) in [6.07, 6.45) is -2.53. The number of rotatable bonds is 2. The first-order chi connectivity index (χ1) is 11.1. The van der Waals surface area contributed by atoms with Gasteiger partial charge in [0.1, 0.15) is 12.7 Å². The van der Waals surface area contributed by atoms with E-state index in [0.717, 1.165) is 0 Å². The summed E-state index contributed by atoms with van der Waals surface area (Å²) < 4.78 is 52.2. The largest absolute Gasteiger partial charge is 0.419 e. The highest BCUT2D eigenvalue weighted by Crippen LogP contribution is 2.41. The molecule has 0 amide bonds. The van der Waals surface area contributed by atoms with Crippen molar-refractivity contribution in [1.29, 1.82) is 0 Å². The number of nitrogen functional groups attached to an aromatic ring is 1. The van der Waals surface area contributed by atoms with Crippen molar-refractivity contribution < 1.29 is 17.7 Å². The van der Waals surface area contributed by atoms with E-state index in [-0.39, 0.29) is 17.2 Å². The number of H-pyrrole nitrogens is 1. The Morgan fingerprint density at radius 2 is 1.96 bits per heavy atom. The fourth-order valence-electron chi connectivity index (χ4n) is 2.59. The highest BCUT2D eigenvalue weighted by molar-refractivity contribution is 7.70. The molecule has 3 rings (SSSR count). The van der Waals surface area contributed by atoms with Crippen molar-refractivity contribution in [2.24, 2.45) is 0 Å². The van der Waals surface area contributed by atoms with Crippen LogP contribution in [0, 0.1) is 0 Å². The molecule has 0 spiro atoms. The van der Waals surface area contributed by atoms with Gasteiger partial charge in [-0.05, 0) is 19.4 Å². The molecule has 0 saturated heterocycles. The third-order valence-electron chi connectivity index (χ3n) is 3.64. The summed E-state index contributed by atoms with van der Waals surface area (Å²) >= 11 is 0. The second kappa shape index (κ2) is 5.34. The SMILES string of the molecule is CP(C)(=O)c1cccc2c(-c3nc(N)ncc3C(F)(F)F)c[nH]c12. The van der Waals surface area contributed by atoms with Crippen molar-refractivity contribution in [3.05, 3.63) is 36.2 Å². The van der Waals surface area contributed by atoms with E-state index >= 15 is 0 Å². The summed E-state index contributed by atoms with van der Waals surface area (Å²) in [6.45, 7) is 3.21. The quantitative estimate of drug-likeness (QED) is 0.690. The third kappa shape index (κ3) is 2.78. The van der Waals surface area contributed by atoms with Crippen molar-refractivity contribution in [3.63, 3.8) is 0 Å². The van der Waals surface area contributed by atoms with E-state index in [1.54, 1.807) is 31.5 Å². The minimum atomic E-state index is -4.62. The number of aromatic amines is 1. The van der Waals surface area contributed by atoms with Crippen molar-refractivity contribution in [3.8, 4) is 11.3 Å². The molecular weight excluding hydrogens is 340 g/mol.